The monoisotopic (exact) mass is 290 g/mol. The lowest BCUT2D eigenvalue weighted by molar-refractivity contribution is -0.109. The van der Waals surface area contributed by atoms with Gasteiger partial charge in [0.2, 0.25) is 0 Å². The average Bonchev–Trinajstić information content (AvgIpc) is 2.71. The number of aliphatic imine (C=N–C) groups is 1. The summed E-state index contributed by atoms with van der Waals surface area (Å²) in [5.41, 5.74) is 0. The first-order valence-electron chi connectivity index (χ1n) is 5.88. The maximum Gasteiger partial charge on any atom is 0.186 e. The molecule has 2 aliphatic rings. The Balaban J connectivity index is 1.69. The molecule has 18 heavy (non-hydrogen) atoms. The fourth-order valence-corrected chi connectivity index (χ4v) is 3.88. The highest BCUT2D eigenvalue weighted by molar-refractivity contribution is 8.14. The standard InChI is InChI=1S/C11H18N2O3S2/c1-8(14)18-10-3-13(4-10)11-12-9(6-17-11)5-16-7-15-2/h9-10H,3-7H2,1-2H3/t9-/m1/s1. The normalized spacial score (nSPS) is 24.0. The molecule has 0 spiro atoms. The molecule has 102 valence electrons. The largest absolute Gasteiger partial charge is 0.359 e. The van der Waals surface area contributed by atoms with Crippen LogP contribution in [0.3, 0.4) is 0 Å². The van der Waals surface area contributed by atoms with Crippen LogP contribution in [0.15, 0.2) is 4.99 Å². The van der Waals surface area contributed by atoms with Crippen LogP contribution in [0.2, 0.25) is 0 Å². The first-order valence-corrected chi connectivity index (χ1v) is 7.75. The Morgan fingerprint density at radius 1 is 1.61 bits per heavy atom. The molecule has 1 fully saturated rings. The van der Waals surface area contributed by atoms with Crippen molar-refractivity contribution >= 4 is 33.8 Å². The summed E-state index contributed by atoms with van der Waals surface area (Å²) in [7, 11) is 1.62. The molecule has 5 nitrogen and oxygen atoms in total. The summed E-state index contributed by atoms with van der Waals surface area (Å²) in [4.78, 5) is 17.8. The summed E-state index contributed by atoms with van der Waals surface area (Å²) in [5, 5.41) is 1.74. The first-order chi connectivity index (χ1) is 8.69. The van der Waals surface area contributed by atoms with Crippen LogP contribution in [0.1, 0.15) is 6.92 Å². The maximum atomic E-state index is 11.0. The highest BCUT2D eigenvalue weighted by atomic mass is 32.2. The molecule has 0 aromatic rings. The molecule has 2 heterocycles. The van der Waals surface area contributed by atoms with Gasteiger partial charge in [-0.1, -0.05) is 23.5 Å². The average molecular weight is 290 g/mol. The minimum absolute atomic E-state index is 0.200. The lowest BCUT2D eigenvalue weighted by atomic mass is 10.2. The summed E-state index contributed by atoms with van der Waals surface area (Å²) in [6, 6.07) is 0.236. The molecular formula is C11H18N2O3S2. The van der Waals surface area contributed by atoms with E-state index in [1.807, 2.05) is 0 Å². The zero-order valence-corrected chi connectivity index (χ0v) is 12.3. The van der Waals surface area contributed by atoms with Crippen LogP contribution in [0, 0.1) is 0 Å². The van der Waals surface area contributed by atoms with Crippen LogP contribution >= 0.6 is 23.5 Å². The van der Waals surface area contributed by atoms with Gasteiger partial charge < -0.3 is 14.4 Å². The predicted molar refractivity (Wildman–Crippen MR) is 75.1 cm³/mol. The second-order valence-electron chi connectivity index (χ2n) is 4.29. The van der Waals surface area contributed by atoms with Gasteiger partial charge in [0.15, 0.2) is 10.3 Å². The molecule has 0 unspecified atom stereocenters. The van der Waals surface area contributed by atoms with E-state index in [2.05, 4.69) is 9.89 Å². The van der Waals surface area contributed by atoms with E-state index in [4.69, 9.17) is 9.47 Å². The Bertz CT molecular complexity index is 332. The third kappa shape index (κ3) is 3.88. The fourth-order valence-electron chi connectivity index (χ4n) is 1.83. The Labute approximate surface area is 116 Å². The molecule has 0 aliphatic carbocycles. The number of carbonyl (C=O) groups is 1. The van der Waals surface area contributed by atoms with Crippen LogP contribution in [0.4, 0.5) is 0 Å². The summed E-state index contributed by atoms with van der Waals surface area (Å²) in [6.07, 6.45) is 0. The number of likely N-dealkylation sites (tertiary alicyclic amines) is 1. The van der Waals surface area contributed by atoms with E-state index in [0.29, 0.717) is 18.6 Å². The molecule has 0 aromatic heterocycles. The number of rotatable bonds is 5. The van der Waals surface area contributed by atoms with Crippen molar-refractivity contribution in [1.29, 1.82) is 0 Å². The fraction of sp³-hybridized carbons (Fsp3) is 0.818. The second kappa shape index (κ2) is 6.79. The maximum absolute atomic E-state index is 11.0. The number of ether oxygens (including phenoxy) is 2. The van der Waals surface area contributed by atoms with Gasteiger partial charge in [-0.25, -0.2) is 0 Å². The number of nitrogens with zero attached hydrogens (tertiary/aromatic N) is 2. The minimum atomic E-state index is 0.200. The minimum Gasteiger partial charge on any atom is -0.359 e. The summed E-state index contributed by atoms with van der Waals surface area (Å²) >= 11 is 3.21. The number of hydrogen-bond acceptors (Lipinski definition) is 7. The van der Waals surface area contributed by atoms with Gasteiger partial charge >= 0.3 is 0 Å². The van der Waals surface area contributed by atoms with Gasteiger partial charge in [-0.05, 0) is 0 Å². The van der Waals surface area contributed by atoms with E-state index in [9.17, 15) is 4.79 Å². The van der Waals surface area contributed by atoms with Crippen molar-refractivity contribution in [1.82, 2.24) is 4.90 Å². The SMILES string of the molecule is COCOC[C@@H]1CSC(N2CC(SC(C)=O)C2)=N1. The Morgan fingerprint density at radius 2 is 2.39 bits per heavy atom. The van der Waals surface area contributed by atoms with E-state index < -0.39 is 0 Å². The first kappa shape index (κ1) is 14.2. The molecule has 1 atom stereocenters. The molecule has 0 N–H and O–H groups in total. The van der Waals surface area contributed by atoms with Crippen molar-refractivity contribution in [2.45, 2.75) is 18.2 Å². The van der Waals surface area contributed by atoms with Gasteiger partial charge in [0.25, 0.3) is 0 Å². The van der Waals surface area contributed by atoms with Gasteiger partial charge in [-0.3, -0.25) is 9.79 Å². The van der Waals surface area contributed by atoms with Crippen LogP contribution in [-0.4, -0.2) is 65.8 Å². The number of thioether (sulfide) groups is 2. The Morgan fingerprint density at radius 3 is 3.06 bits per heavy atom. The number of carbonyl (C=O) groups excluding carboxylic acids is 1. The second-order valence-corrected chi connectivity index (χ2v) is 6.75. The third-order valence-corrected chi connectivity index (χ3v) is 4.80. The van der Waals surface area contributed by atoms with Gasteiger partial charge in [-0.15, -0.1) is 0 Å². The Kier molecular flexibility index (Phi) is 5.35. The molecule has 2 aliphatic heterocycles. The Hall–Kier alpha value is -0.240. The molecule has 7 heteroatoms. The van der Waals surface area contributed by atoms with Crippen molar-refractivity contribution < 1.29 is 14.3 Å². The lowest BCUT2D eigenvalue weighted by Crippen LogP contribution is -2.51. The van der Waals surface area contributed by atoms with E-state index in [0.717, 1.165) is 24.0 Å². The molecule has 0 radical (unpaired) electrons. The molecule has 0 saturated carbocycles. The van der Waals surface area contributed by atoms with E-state index in [1.54, 1.807) is 25.8 Å². The van der Waals surface area contributed by atoms with Crippen molar-refractivity contribution in [2.24, 2.45) is 4.99 Å². The predicted octanol–water partition coefficient (Wildman–Crippen LogP) is 1.04. The van der Waals surface area contributed by atoms with Crippen LogP contribution in [0.5, 0.6) is 0 Å². The third-order valence-electron chi connectivity index (χ3n) is 2.66. The smallest absolute Gasteiger partial charge is 0.186 e. The van der Waals surface area contributed by atoms with E-state index >= 15 is 0 Å². The molecular weight excluding hydrogens is 272 g/mol. The van der Waals surface area contributed by atoms with Crippen molar-refractivity contribution in [2.75, 3.05) is 39.4 Å². The number of hydrogen-bond donors (Lipinski definition) is 0. The summed E-state index contributed by atoms with van der Waals surface area (Å²) < 4.78 is 10.1. The topological polar surface area (TPSA) is 51.1 Å². The van der Waals surface area contributed by atoms with Gasteiger partial charge in [0.1, 0.15) is 6.79 Å². The number of methoxy groups -OCH3 is 1. The van der Waals surface area contributed by atoms with Crippen LogP contribution in [0.25, 0.3) is 0 Å². The van der Waals surface area contributed by atoms with Crippen LogP contribution < -0.4 is 0 Å². The molecule has 0 aromatic carbocycles. The highest BCUT2D eigenvalue weighted by Gasteiger charge is 2.33. The lowest BCUT2D eigenvalue weighted by Gasteiger charge is -2.39. The van der Waals surface area contributed by atoms with E-state index in [1.165, 1.54) is 11.8 Å². The van der Waals surface area contributed by atoms with Gasteiger partial charge in [0, 0.05) is 38.1 Å². The van der Waals surface area contributed by atoms with Crippen molar-refractivity contribution in [3.63, 3.8) is 0 Å². The summed E-state index contributed by atoms with van der Waals surface area (Å²) in [6.45, 7) is 4.43. The van der Waals surface area contributed by atoms with Crippen LogP contribution in [-0.2, 0) is 14.3 Å². The zero-order chi connectivity index (χ0) is 13.0. The van der Waals surface area contributed by atoms with Gasteiger partial charge in [-0.2, -0.15) is 0 Å². The highest BCUT2D eigenvalue weighted by Crippen LogP contribution is 2.29. The van der Waals surface area contributed by atoms with Crippen molar-refractivity contribution in [3.05, 3.63) is 0 Å². The zero-order valence-electron chi connectivity index (χ0n) is 10.6. The molecule has 1 saturated heterocycles. The molecule has 0 amide bonds. The number of amidine groups is 1. The molecule has 2 rings (SSSR count). The van der Waals surface area contributed by atoms with Crippen molar-refractivity contribution in [3.8, 4) is 0 Å². The summed E-state index contributed by atoms with van der Waals surface area (Å²) in [5.74, 6) is 0.972. The van der Waals surface area contributed by atoms with Gasteiger partial charge in [0.05, 0.1) is 12.6 Å². The quantitative estimate of drug-likeness (QED) is 0.557. The van der Waals surface area contributed by atoms with E-state index in [-0.39, 0.29) is 11.2 Å². The molecule has 0 bridgehead atoms.